The average molecular weight is 518 g/mol. The molecule has 1 spiro atoms. The molecule has 2 aromatic heterocycles. The van der Waals surface area contributed by atoms with Crippen molar-refractivity contribution < 1.29 is 23.7 Å². The molecule has 198 valence electrons. The molecule has 1 aliphatic carbocycles. The molecule has 5 fully saturated rings. The lowest BCUT2D eigenvalue weighted by Gasteiger charge is -2.55. The molecule has 10 nitrogen and oxygen atoms in total. The molecule has 3 aromatic rings. The molecule has 5 aliphatic heterocycles. The highest BCUT2D eigenvalue weighted by atomic mass is 16.5. The zero-order valence-corrected chi connectivity index (χ0v) is 21.7. The second kappa shape index (κ2) is 7.74. The molecule has 7 heterocycles. The van der Waals surface area contributed by atoms with E-state index in [2.05, 4.69) is 28.3 Å². The highest BCUT2D eigenvalue weighted by Crippen LogP contribution is 2.60. The Hall–Kier alpha value is -3.08. The standard InChI is InChI=1S/C28H31N5O5/c1-17(37-19-3-4-22-21(7-19)20-5-6-35-10-18(20)8-29-22)23-9-33(31-30-23)28-11-26(2,12-28)38-24(28)25(34)32-13-27(14-32)15-36-16-27/h3-4,7-9,17,24H,5-6,10-16H2,1-2H3. The fraction of sp³-hybridized carbons (Fsp3) is 0.571. The molecule has 1 saturated carbocycles. The van der Waals surface area contributed by atoms with Gasteiger partial charge < -0.3 is 23.8 Å². The summed E-state index contributed by atoms with van der Waals surface area (Å²) in [6.45, 7) is 8.38. The lowest BCUT2D eigenvalue weighted by atomic mass is 9.66. The second-order valence-corrected chi connectivity index (χ2v) is 12.2. The highest BCUT2D eigenvalue weighted by Gasteiger charge is 2.71. The number of likely N-dealkylation sites (tertiary alicyclic amines) is 1. The van der Waals surface area contributed by atoms with Crippen LogP contribution in [0.15, 0.2) is 30.6 Å². The predicted octanol–water partition coefficient (Wildman–Crippen LogP) is 2.54. The topological polar surface area (TPSA) is 101 Å². The monoisotopic (exact) mass is 517 g/mol. The Balaban J connectivity index is 1.02. The van der Waals surface area contributed by atoms with E-state index in [0.29, 0.717) is 6.61 Å². The van der Waals surface area contributed by atoms with Gasteiger partial charge in [0, 0.05) is 37.5 Å². The highest BCUT2D eigenvalue weighted by molar-refractivity contribution is 5.85. The van der Waals surface area contributed by atoms with Gasteiger partial charge >= 0.3 is 0 Å². The molecule has 0 N–H and O–H groups in total. The Morgan fingerprint density at radius 2 is 2.05 bits per heavy atom. The van der Waals surface area contributed by atoms with Gasteiger partial charge in [0.15, 0.2) is 6.10 Å². The SMILES string of the molecule is CC(Oc1ccc2ncc3c(c2c1)CCOC3)c1cn(C23CC(C)(C2)OC3C(=O)N2CC3(COC3)C2)nn1. The summed E-state index contributed by atoms with van der Waals surface area (Å²) in [6, 6.07) is 6.01. The fourth-order valence-corrected chi connectivity index (χ4v) is 7.19. The smallest absolute Gasteiger partial charge is 0.254 e. The van der Waals surface area contributed by atoms with Gasteiger partial charge in [-0.1, -0.05) is 5.21 Å². The first kappa shape index (κ1) is 22.9. The molecular formula is C28H31N5O5. The van der Waals surface area contributed by atoms with E-state index in [-0.39, 0.29) is 23.0 Å². The summed E-state index contributed by atoms with van der Waals surface area (Å²) in [5.41, 5.74) is 3.49. The van der Waals surface area contributed by atoms with Crippen LogP contribution in [0.5, 0.6) is 5.75 Å². The Morgan fingerprint density at radius 3 is 2.84 bits per heavy atom. The number of ether oxygens (including phenoxy) is 4. The summed E-state index contributed by atoms with van der Waals surface area (Å²) in [7, 11) is 0. The van der Waals surface area contributed by atoms with Crippen LogP contribution in [0.3, 0.4) is 0 Å². The summed E-state index contributed by atoms with van der Waals surface area (Å²) < 4.78 is 25.5. The van der Waals surface area contributed by atoms with Crippen molar-refractivity contribution in [1.29, 1.82) is 0 Å². The van der Waals surface area contributed by atoms with Crippen molar-refractivity contribution in [3.63, 3.8) is 0 Å². The van der Waals surface area contributed by atoms with Crippen LogP contribution >= 0.6 is 0 Å². The lowest BCUT2D eigenvalue weighted by molar-refractivity contribution is -0.201. The summed E-state index contributed by atoms with van der Waals surface area (Å²) in [6.07, 6.45) is 5.36. The molecule has 2 unspecified atom stereocenters. The summed E-state index contributed by atoms with van der Waals surface area (Å²) in [5.74, 6) is 0.822. The van der Waals surface area contributed by atoms with Crippen molar-refractivity contribution in [2.24, 2.45) is 5.41 Å². The van der Waals surface area contributed by atoms with Gasteiger partial charge in [-0.15, -0.1) is 5.10 Å². The van der Waals surface area contributed by atoms with E-state index < -0.39 is 11.6 Å². The van der Waals surface area contributed by atoms with Crippen molar-refractivity contribution in [3.05, 3.63) is 47.4 Å². The van der Waals surface area contributed by atoms with E-state index >= 15 is 0 Å². The fourth-order valence-electron chi connectivity index (χ4n) is 7.19. The molecule has 6 aliphatic rings. The third kappa shape index (κ3) is 3.23. The average Bonchev–Trinajstić information content (AvgIpc) is 3.53. The Bertz CT molecular complexity index is 1450. The van der Waals surface area contributed by atoms with E-state index in [9.17, 15) is 4.79 Å². The van der Waals surface area contributed by atoms with Gasteiger partial charge in [-0.05, 0) is 49.6 Å². The first-order valence-corrected chi connectivity index (χ1v) is 13.5. The van der Waals surface area contributed by atoms with Crippen LogP contribution in [-0.4, -0.2) is 75.4 Å². The summed E-state index contributed by atoms with van der Waals surface area (Å²) in [4.78, 5) is 20.0. The summed E-state index contributed by atoms with van der Waals surface area (Å²) in [5, 5.41) is 10.1. The van der Waals surface area contributed by atoms with Gasteiger partial charge in [0.05, 0.1) is 49.2 Å². The number of nitrogens with zero attached hydrogens (tertiary/aromatic N) is 5. The van der Waals surface area contributed by atoms with E-state index in [1.807, 2.05) is 41.0 Å². The van der Waals surface area contributed by atoms with Crippen LogP contribution in [0.2, 0.25) is 0 Å². The number of rotatable bonds is 5. The van der Waals surface area contributed by atoms with Gasteiger partial charge in [-0.2, -0.15) is 0 Å². The molecule has 2 bridgehead atoms. The third-order valence-corrected chi connectivity index (χ3v) is 9.15. The van der Waals surface area contributed by atoms with Crippen LogP contribution in [0.4, 0.5) is 0 Å². The first-order chi connectivity index (χ1) is 18.4. The molecule has 10 heteroatoms. The molecule has 1 aromatic carbocycles. The van der Waals surface area contributed by atoms with Gasteiger partial charge in [-0.3, -0.25) is 9.78 Å². The van der Waals surface area contributed by atoms with Gasteiger partial charge in [0.2, 0.25) is 0 Å². The number of benzene rings is 1. The van der Waals surface area contributed by atoms with E-state index in [4.69, 9.17) is 18.9 Å². The minimum atomic E-state index is -0.542. The lowest BCUT2D eigenvalue weighted by Crippen LogP contribution is -2.69. The Kier molecular flexibility index (Phi) is 4.66. The molecule has 1 amide bonds. The zero-order valence-electron chi connectivity index (χ0n) is 21.7. The number of hydrogen-bond donors (Lipinski definition) is 0. The number of carbonyl (C=O) groups is 1. The maximum atomic E-state index is 13.5. The van der Waals surface area contributed by atoms with Crippen LogP contribution < -0.4 is 4.74 Å². The normalized spacial score (nSPS) is 31.3. The second-order valence-electron chi connectivity index (χ2n) is 12.2. The van der Waals surface area contributed by atoms with Gasteiger partial charge in [0.1, 0.15) is 23.1 Å². The van der Waals surface area contributed by atoms with E-state index in [0.717, 1.165) is 80.1 Å². The minimum Gasteiger partial charge on any atom is -0.484 e. The number of pyridine rings is 1. The number of carbonyl (C=O) groups excluding carboxylic acids is 1. The molecular weight excluding hydrogens is 486 g/mol. The van der Waals surface area contributed by atoms with Crippen molar-refractivity contribution in [3.8, 4) is 5.75 Å². The zero-order chi connectivity index (χ0) is 25.7. The van der Waals surface area contributed by atoms with Crippen molar-refractivity contribution >= 4 is 16.8 Å². The van der Waals surface area contributed by atoms with Crippen molar-refractivity contribution in [2.45, 2.75) is 63.1 Å². The quantitative estimate of drug-likeness (QED) is 0.509. The third-order valence-electron chi connectivity index (χ3n) is 9.15. The Morgan fingerprint density at radius 1 is 1.21 bits per heavy atom. The summed E-state index contributed by atoms with van der Waals surface area (Å²) >= 11 is 0. The van der Waals surface area contributed by atoms with E-state index in [1.165, 1.54) is 5.56 Å². The van der Waals surface area contributed by atoms with E-state index in [1.54, 1.807) is 0 Å². The molecule has 9 rings (SSSR count). The van der Waals surface area contributed by atoms with Crippen LogP contribution in [-0.2, 0) is 37.6 Å². The number of hydrogen-bond acceptors (Lipinski definition) is 8. The van der Waals surface area contributed by atoms with Crippen molar-refractivity contribution in [1.82, 2.24) is 24.9 Å². The largest absolute Gasteiger partial charge is 0.484 e. The maximum absolute atomic E-state index is 13.5. The Labute approximate surface area is 220 Å². The number of fused-ring (bicyclic) bond motifs is 4. The first-order valence-electron chi connectivity index (χ1n) is 13.5. The van der Waals surface area contributed by atoms with Crippen LogP contribution in [0.1, 0.15) is 49.6 Å². The molecule has 4 saturated heterocycles. The van der Waals surface area contributed by atoms with Crippen molar-refractivity contribution in [2.75, 3.05) is 32.9 Å². The van der Waals surface area contributed by atoms with Crippen LogP contribution in [0, 0.1) is 5.41 Å². The minimum absolute atomic E-state index is 0.0589. The number of amides is 1. The van der Waals surface area contributed by atoms with Gasteiger partial charge in [-0.25, -0.2) is 4.68 Å². The molecule has 0 radical (unpaired) electrons. The van der Waals surface area contributed by atoms with Gasteiger partial charge in [0.25, 0.3) is 5.91 Å². The molecule has 38 heavy (non-hydrogen) atoms. The molecule has 2 atom stereocenters. The number of aromatic nitrogens is 4. The maximum Gasteiger partial charge on any atom is 0.254 e. The predicted molar refractivity (Wildman–Crippen MR) is 134 cm³/mol. The van der Waals surface area contributed by atoms with Crippen LogP contribution in [0.25, 0.3) is 10.9 Å².